The number of rotatable bonds is 5. The maximum Gasteiger partial charge on any atom is 0.128 e. The third-order valence-corrected chi connectivity index (χ3v) is 7.69. The van der Waals surface area contributed by atoms with Gasteiger partial charge >= 0.3 is 0 Å². The van der Waals surface area contributed by atoms with Gasteiger partial charge in [0.25, 0.3) is 0 Å². The molecular weight excluding hydrogens is 404 g/mol. The molecule has 0 bridgehead atoms. The highest BCUT2D eigenvalue weighted by atomic mass is 16.5. The predicted octanol–water partition coefficient (Wildman–Crippen LogP) is 0.687. The van der Waals surface area contributed by atoms with E-state index in [0.29, 0.717) is 24.0 Å². The third-order valence-electron chi connectivity index (χ3n) is 7.69. The number of pyridine rings is 1. The zero-order chi connectivity index (χ0) is 21.5. The van der Waals surface area contributed by atoms with Gasteiger partial charge in [-0.15, -0.1) is 0 Å². The number of piperidine rings is 1. The Kier molecular flexibility index (Phi) is 5.60. The molecule has 4 saturated heterocycles. The van der Waals surface area contributed by atoms with Gasteiger partial charge in [-0.3, -0.25) is 15.0 Å². The molecule has 6 rings (SSSR count). The molecule has 4 atom stereocenters. The highest BCUT2D eigenvalue weighted by Crippen LogP contribution is 2.38. The lowest BCUT2D eigenvalue weighted by atomic mass is 9.82. The molecule has 3 N–H and O–H groups in total. The summed E-state index contributed by atoms with van der Waals surface area (Å²) in [5.74, 6) is 1.59. The van der Waals surface area contributed by atoms with Crippen molar-refractivity contribution >= 4 is 5.82 Å². The molecule has 4 fully saturated rings. The van der Waals surface area contributed by atoms with Crippen molar-refractivity contribution in [1.82, 2.24) is 35.8 Å². The third kappa shape index (κ3) is 3.82. The van der Waals surface area contributed by atoms with Crippen LogP contribution in [0.3, 0.4) is 0 Å². The van der Waals surface area contributed by atoms with Crippen LogP contribution in [0.1, 0.15) is 36.7 Å². The van der Waals surface area contributed by atoms with E-state index in [9.17, 15) is 0 Å². The zero-order valence-corrected chi connectivity index (χ0v) is 18.8. The molecule has 0 amide bonds. The van der Waals surface area contributed by atoms with Gasteiger partial charge in [-0.1, -0.05) is 6.07 Å². The van der Waals surface area contributed by atoms with E-state index in [2.05, 4.69) is 62.4 Å². The molecule has 172 valence electrons. The SMILES string of the molecule is CCn1cc(C2CC3C(CN2)NNC3c2cccc(N3CCN(C4COC4)CC3)n2)cn1. The Labute approximate surface area is 189 Å². The highest BCUT2D eigenvalue weighted by molar-refractivity contribution is 5.41. The van der Waals surface area contributed by atoms with Crippen molar-refractivity contribution in [2.45, 2.75) is 44.1 Å². The first kappa shape index (κ1) is 20.6. The largest absolute Gasteiger partial charge is 0.378 e. The number of fused-ring (bicyclic) bond motifs is 1. The first-order valence-electron chi connectivity index (χ1n) is 12.1. The van der Waals surface area contributed by atoms with Crippen molar-refractivity contribution in [3.05, 3.63) is 41.9 Å². The van der Waals surface area contributed by atoms with E-state index in [1.165, 1.54) is 5.56 Å². The monoisotopic (exact) mass is 438 g/mol. The Morgan fingerprint density at radius 3 is 2.75 bits per heavy atom. The topological polar surface area (TPSA) is 82.5 Å². The fourth-order valence-corrected chi connectivity index (χ4v) is 5.59. The number of hydrogen-bond donors (Lipinski definition) is 3. The lowest BCUT2D eigenvalue weighted by Gasteiger charge is -2.43. The predicted molar refractivity (Wildman–Crippen MR) is 122 cm³/mol. The minimum atomic E-state index is 0.221. The van der Waals surface area contributed by atoms with Crippen LogP contribution in [0.25, 0.3) is 0 Å². The Bertz CT molecular complexity index is 922. The molecule has 0 radical (unpaired) electrons. The van der Waals surface area contributed by atoms with Crippen molar-refractivity contribution < 1.29 is 4.74 Å². The minimum absolute atomic E-state index is 0.221. The van der Waals surface area contributed by atoms with Crippen LogP contribution < -0.4 is 21.1 Å². The molecule has 32 heavy (non-hydrogen) atoms. The summed E-state index contributed by atoms with van der Waals surface area (Å²) in [4.78, 5) is 10.1. The minimum Gasteiger partial charge on any atom is -0.378 e. The van der Waals surface area contributed by atoms with Crippen LogP contribution in [0.2, 0.25) is 0 Å². The summed E-state index contributed by atoms with van der Waals surface area (Å²) < 4.78 is 7.38. The van der Waals surface area contributed by atoms with Crippen LogP contribution in [0.15, 0.2) is 30.6 Å². The van der Waals surface area contributed by atoms with Gasteiger partial charge in [-0.05, 0) is 25.5 Å². The maximum absolute atomic E-state index is 5.37. The summed E-state index contributed by atoms with van der Waals surface area (Å²) in [5, 5.41) is 8.18. The lowest BCUT2D eigenvalue weighted by Crippen LogP contribution is -2.56. The van der Waals surface area contributed by atoms with Gasteiger partial charge < -0.3 is 15.0 Å². The van der Waals surface area contributed by atoms with E-state index < -0.39 is 0 Å². The van der Waals surface area contributed by atoms with Crippen LogP contribution in [0.5, 0.6) is 0 Å². The summed E-state index contributed by atoms with van der Waals surface area (Å²) in [7, 11) is 0. The van der Waals surface area contributed by atoms with E-state index in [4.69, 9.17) is 9.72 Å². The normalized spacial score (nSPS) is 31.5. The number of hydrogen-bond acceptors (Lipinski definition) is 8. The molecular formula is C23H34N8O. The molecule has 9 heteroatoms. The molecule has 4 unspecified atom stereocenters. The Balaban J connectivity index is 1.14. The van der Waals surface area contributed by atoms with Crippen molar-refractivity contribution in [3.63, 3.8) is 0 Å². The molecule has 9 nitrogen and oxygen atoms in total. The van der Waals surface area contributed by atoms with Gasteiger partial charge in [0.2, 0.25) is 0 Å². The van der Waals surface area contributed by atoms with E-state index in [1.54, 1.807) is 0 Å². The van der Waals surface area contributed by atoms with Crippen LogP contribution in [0, 0.1) is 5.92 Å². The summed E-state index contributed by atoms with van der Waals surface area (Å²) in [6, 6.07) is 8.11. The fraction of sp³-hybridized carbons (Fsp3) is 0.652. The average molecular weight is 439 g/mol. The molecule has 0 aliphatic carbocycles. The van der Waals surface area contributed by atoms with Gasteiger partial charge in [0.1, 0.15) is 5.82 Å². The van der Waals surface area contributed by atoms with Crippen LogP contribution >= 0.6 is 0 Å². The van der Waals surface area contributed by atoms with Crippen molar-refractivity contribution in [2.24, 2.45) is 5.92 Å². The second-order valence-corrected chi connectivity index (χ2v) is 9.50. The molecule has 4 aliphatic rings. The van der Waals surface area contributed by atoms with E-state index in [1.807, 2.05) is 10.9 Å². The maximum atomic E-state index is 5.37. The molecule has 2 aromatic rings. The van der Waals surface area contributed by atoms with Gasteiger partial charge in [-0.2, -0.15) is 5.10 Å². The van der Waals surface area contributed by atoms with E-state index >= 15 is 0 Å². The van der Waals surface area contributed by atoms with Gasteiger partial charge in [-0.25, -0.2) is 10.4 Å². The number of piperazine rings is 1. The average Bonchev–Trinajstić information content (AvgIpc) is 3.45. The lowest BCUT2D eigenvalue weighted by molar-refractivity contribution is -0.0661. The zero-order valence-electron chi connectivity index (χ0n) is 18.8. The smallest absolute Gasteiger partial charge is 0.128 e. The number of nitrogens with one attached hydrogen (secondary N) is 3. The second kappa shape index (κ2) is 8.72. The summed E-state index contributed by atoms with van der Waals surface area (Å²) in [5.41, 5.74) is 9.50. The first-order valence-corrected chi connectivity index (χ1v) is 12.1. The molecule has 6 heterocycles. The van der Waals surface area contributed by atoms with Crippen LogP contribution in [-0.2, 0) is 11.3 Å². The Morgan fingerprint density at radius 2 is 2.00 bits per heavy atom. The number of aromatic nitrogens is 3. The standard InChI is InChI=1S/C23H34N8O/c1-2-31-13-16(11-25-31)20-10-18-21(12-24-20)27-28-23(18)19-4-3-5-22(26-19)30-8-6-29(7-9-30)17-14-32-15-17/h3-5,11,13,17-18,20-21,23-24,27-28H,2,6-10,12,14-15H2,1H3. The number of hydrazine groups is 1. The molecule has 4 aliphatic heterocycles. The summed E-state index contributed by atoms with van der Waals surface area (Å²) in [6.45, 7) is 10.0. The van der Waals surface area contributed by atoms with Gasteiger partial charge in [0.15, 0.2) is 0 Å². The highest BCUT2D eigenvalue weighted by Gasteiger charge is 2.42. The van der Waals surface area contributed by atoms with Crippen molar-refractivity contribution in [1.29, 1.82) is 0 Å². The van der Waals surface area contributed by atoms with E-state index in [0.717, 1.165) is 70.4 Å². The summed E-state index contributed by atoms with van der Waals surface area (Å²) >= 11 is 0. The quantitative estimate of drug-likeness (QED) is 0.629. The molecule has 0 spiro atoms. The van der Waals surface area contributed by atoms with Crippen molar-refractivity contribution in [3.8, 4) is 0 Å². The summed E-state index contributed by atoms with van der Waals surface area (Å²) in [6.07, 6.45) is 5.26. The Hall–Kier alpha value is -2.04. The van der Waals surface area contributed by atoms with Gasteiger partial charge in [0.05, 0.1) is 37.2 Å². The first-order chi connectivity index (χ1) is 15.8. The fourth-order valence-electron chi connectivity index (χ4n) is 5.59. The second-order valence-electron chi connectivity index (χ2n) is 9.50. The van der Waals surface area contributed by atoms with Crippen molar-refractivity contribution in [2.75, 3.05) is 50.8 Å². The number of ether oxygens (including phenoxy) is 1. The van der Waals surface area contributed by atoms with Crippen LogP contribution in [0.4, 0.5) is 5.82 Å². The number of aryl methyl sites for hydroxylation is 1. The Morgan fingerprint density at radius 1 is 1.12 bits per heavy atom. The number of anilines is 1. The van der Waals surface area contributed by atoms with Gasteiger partial charge in [0, 0.05) is 69.0 Å². The molecule has 0 saturated carbocycles. The molecule has 2 aromatic heterocycles. The van der Waals surface area contributed by atoms with E-state index in [-0.39, 0.29) is 6.04 Å². The number of nitrogens with zero attached hydrogens (tertiary/aromatic N) is 5. The van der Waals surface area contributed by atoms with Crippen LogP contribution in [-0.4, -0.2) is 77.7 Å². The molecule has 0 aromatic carbocycles.